The molecular weight excluding hydrogens is 216 g/mol. The Balaban J connectivity index is 2.25. The highest BCUT2D eigenvalue weighted by molar-refractivity contribution is 5.94. The number of ketones is 1. The fraction of sp³-hybridized carbons (Fsp3) is 0.714. The van der Waals surface area contributed by atoms with E-state index < -0.39 is 11.0 Å². The van der Waals surface area contributed by atoms with Gasteiger partial charge in [0.05, 0.1) is 5.41 Å². The molecule has 0 aliphatic heterocycles. The molecule has 1 fully saturated rings. The predicted molar refractivity (Wildman–Crippen MR) is 64.4 cm³/mol. The molecule has 17 heavy (non-hydrogen) atoms. The lowest BCUT2D eigenvalue weighted by atomic mass is 9.72. The van der Waals surface area contributed by atoms with Crippen LogP contribution in [0.25, 0.3) is 0 Å². The largest absolute Gasteiger partial charge is 0.459 e. The van der Waals surface area contributed by atoms with Crippen LogP contribution in [0.15, 0.2) is 12.2 Å². The van der Waals surface area contributed by atoms with Crippen LogP contribution in [0.5, 0.6) is 0 Å². The van der Waals surface area contributed by atoms with Gasteiger partial charge in [-0.2, -0.15) is 0 Å². The van der Waals surface area contributed by atoms with Gasteiger partial charge in [-0.25, -0.2) is 0 Å². The second kappa shape index (κ2) is 3.97. The smallest absolute Gasteiger partial charge is 0.316 e. The molecular formula is C14H20O3. The first-order valence-electron chi connectivity index (χ1n) is 6.29. The van der Waals surface area contributed by atoms with Crippen molar-refractivity contribution in [2.24, 2.45) is 11.3 Å². The van der Waals surface area contributed by atoms with Gasteiger partial charge < -0.3 is 4.74 Å². The molecule has 0 aromatic rings. The Hall–Kier alpha value is -1.12. The minimum Gasteiger partial charge on any atom is -0.459 e. The second-order valence-electron chi connectivity index (χ2n) is 6.14. The fourth-order valence-electron chi connectivity index (χ4n) is 2.87. The van der Waals surface area contributed by atoms with Gasteiger partial charge in [0.2, 0.25) is 0 Å². The number of rotatable bonds is 1. The van der Waals surface area contributed by atoms with Crippen LogP contribution in [0.2, 0.25) is 0 Å². The summed E-state index contributed by atoms with van der Waals surface area (Å²) in [5.41, 5.74) is -0.991. The van der Waals surface area contributed by atoms with Crippen LogP contribution < -0.4 is 0 Å². The van der Waals surface area contributed by atoms with E-state index in [1.54, 1.807) is 12.2 Å². The molecule has 0 radical (unpaired) electrons. The van der Waals surface area contributed by atoms with E-state index in [9.17, 15) is 9.59 Å². The first-order chi connectivity index (χ1) is 7.83. The van der Waals surface area contributed by atoms with E-state index in [1.165, 1.54) is 0 Å². The van der Waals surface area contributed by atoms with Gasteiger partial charge in [0.15, 0.2) is 5.78 Å². The van der Waals surface area contributed by atoms with Gasteiger partial charge in [0.25, 0.3) is 0 Å². The summed E-state index contributed by atoms with van der Waals surface area (Å²) in [6.45, 7) is 5.63. The molecule has 2 unspecified atom stereocenters. The SMILES string of the molecule is CC(C)(C)OC(=O)C12C=CC(=O)CC1CCC2. The highest BCUT2D eigenvalue weighted by atomic mass is 16.6. The Morgan fingerprint density at radius 3 is 2.82 bits per heavy atom. The molecule has 0 aromatic carbocycles. The minimum absolute atomic E-state index is 0.135. The van der Waals surface area contributed by atoms with Crippen LogP contribution in [0.3, 0.4) is 0 Å². The van der Waals surface area contributed by atoms with Crippen LogP contribution in [0, 0.1) is 11.3 Å². The van der Waals surface area contributed by atoms with E-state index in [0.29, 0.717) is 6.42 Å². The number of allylic oxidation sites excluding steroid dienone is 1. The lowest BCUT2D eigenvalue weighted by Gasteiger charge is -2.35. The zero-order valence-electron chi connectivity index (χ0n) is 10.8. The molecule has 0 amide bonds. The third kappa shape index (κ3) is 2.28. The fourth-order valence-corrected chi connectivity index (χ4v) is 2.87. The maximum absolute atomic E-state index is 12.3. The molecule has 0 aromatic heterocycles. The molecule has 0 heterocycles. The second-order valence-corrected chi connectivity index (χ2v) is 6.14. The number of hydrogen-bond donors (Lipinski definition) is 0. The molecule has 2 rings (SSSR count). The molecule has 3 heteroatoms. The molecule has 2 aliphatic rings. The van der Waals surface area contributed by atoms with Crippen LogP contribution in [-0.4, -0.2) is 17.4 Å². The van der Waals surface area contributed by atoms with E-state index in [1.807, 2.05) is 20.8 Å². The van der Waals surface area contributed by atoms with Crippen LogP contribution in [0.4, 0.5) is 0 Å². The normalized spacial score (nSPS) is 32.4. The molecule has 3 nitrogen and oxygen atoms in total. The van der Waals surface area contributed by atoms with E-state index in [4.69, 9.17) is 4.74 Å². The first-order valence-corrected chi connectivity index (χ1v) is 6.29. The summed E-state index contributed by atoms with van der Waals surface area (Å²) in [5, 5.41) is 0. The number of carbonyl (C=O) groups is 2. The Morgan fingerprint density at radius 1 is 1.47 bits per heavy atom. The molecule has 2 aliphatic carbocycles. The number of ether oxygens (including phenoxy) is 1. The third-order valence-electron chi connectivity index (χ3n) is 3.66. The Kier molecular flexibility index (Phi) is 2.88. The van der Waals surface area contributed by atoms with Crippen molar-refractivity contribution in [2.75, 3.05) is 0 Å². The molecule has 0 saturated heterocycles. The lowest BCUT2D eigenvalue weighted by Crippen LogP contribution is -2.41. The molecule has 0 bridgehead atoms. The Labute approximate surface area is 102 Å². The van der Waals surface area contributed by atoms with E-state index >= 15 is 0 Å². The van der Waals surface area contributed by atoms with Crippen molar-refractivity contribution >= 4 is 11.8 Å². The summed E-state index contributed by atoms with van der Waals surface area (Å²) in [6, 6.07) is 0. The van der Waals surface area contributed by atoms with Crippen molar-refractivity contribution in [2.45, 2.75) is 52.1 Å². The standard InChI is InChI=1S/C14H20O3/c1-13(2,3)17-12(16)14-7-4-5-10(14)9-11(15)6-8-14/h6,8,10H,4-5,7,9H2,1-3H3. The molecule has 0 spiro atoms. The minimum atomic E-state index is -0.527. The molecule has 94 valence electrons. The summed E-state index contributed by atoms with van der Waals surface area (Å²) in [6.07, 6.45) is 6.62. The summed E-state index contributed by atoms with van der Waals surface area (Å²) in [5.74, 6) is 0.127. The quantitative estimate of drug-likeness (QED) is 0.657. The summed E-state index contributed by atoms with van der Waals surface area (Å²) >= 11 is 0. The van der Waals surface area contributed by atoms with Crippen molar-refractivity contribution in [3.8, 4) is 0 Å². The van der Waals surface area contributed by atoms with Gasteiger partial charge in [-0.1, -0.05) is 12.5 Å². The van der Waals surface area contributed by atoms with Crippen LogP contribution in [-0.2, 0) is 14.3 Å². The van der Waals surface area contributed by atoms with Crippen LogP contribution >= 0.6 is 0 Å². The van der Waals surface area contributed by atoms with Crippen molar-refractivity contribution in [3.05, 3.63) is 12.2 Å². The predicted octanol–water partition coefficient (Wildman–Crippen LogP) is 2.64. The number of fused-ring (bicyclic) bond motifs is 1. The number of esters is 1. The van der Waals surface area contributed by atoms with Crippen molar-refractivity contribution < 1.29 is 14.3 Å². The van der Waals surface area contributed by atoms with Crippen LogP contribution in [0.1, 0.15) is 46.5 Å². The monoisotopic (exact) mass is 236 g/mol. The number of carbonyl (C=O) groups excluding carboxylic acids is 2. The highest BCUT2D eigenvalue weighted by Crippen LogP contribution is 2.49. The topological polar surface area (TPSA) is 43.4 Å². The van der Waals surface area contributed by atoms with Gasteiger partial charge in [0.1, 0.15) is 5.60 Å². The zero-order chi connectivity index (χ0) is 12.7. The average molecular weight is 236 g/mol. The summed E-state index contributed by atoms with van der Waals surface area (Å²) in [4.78, 5) is 23.8. The van der Waals surface area contributed by atoms with E-state index in [-0.39, 0.29) is 17.7 Å². The van der Waals surface area contributed by atoms with Gasteiger partial charge in [-0.3, -0.25) is 9.59 Å². The van der Waals surface area contributed by atoms with Gasteiger partial charge in [-0.05, 0) is 45.6 Å². The van der Waals surface area contributed by atoms with E-state index in [0.717, 1.165) is 19.3 Å². The van der Waals surface area contributed by atoms with Gasteiger partial charge in [0, 0.05) is 6.42 Å². The zero-order valence-corrected chi connectivity index (χ0v) is 10.8. The van der Waals surface area contributed by atoms with E-state index in [2.05, 4.69) is 0 Å². The molecule has 0 N–H and O–H groups in total. The Bertz CT molecular complexity index is 375. The summed E-state index contributed by atoms with van der Waals surface area (Å²) in [7, 11) is 0. The maximum Gasteiger partial charge on any atom is 0.316 e. The van der Waals surface area contributed by atoms with Crippen molar-refractivity contribution in [3.63, 3.8) is 0 Å². The van der Waals surface area contributed by atoms with Gasteiger partial charge in [-0.15, -0.1) is 0 Å². The van der Waals surface area contributed by atoms with Gasteiger partial charge >= 0.3 is 5.97 Å². The first kappa shape index (κ1) is 12.3. The molecule has 2 atom stereocenters. The third-order valence-corrected chi connectivity index (χ3v) is 3.66. The average Bonchev–Trinajstić information content (AvgIpc) is 2.58. The lowest BCUT2D eigenvalue weighted by molar-refractivity contribution is -0.167. The van der Waals surface area contributed by atoms with Crippen molar-refractivity contribution in [1.82, 2.24) is 0 Å². The Morgan fingerprint density at radius 2 is 2.18 bits per heavy atom. The summed E-state index contributed by atoms with van der Waals surface area (Å²) < 4.78 is 5.52. The maximum atomic E-state index is 12.3. The van der Waals surface area contributed by atoms with Crippen molar-refractivity contribution in [1.29, 1.82) is 0 Å². The highest BCUT2D eigenvalue weighted by Gasteiger charge is 2.51. The molecule has 1 saturated carbocycles. The number of hydrogen-bond acceptors (Lipinski definition) is 3.